The molecule has 1 aromatic heterocycles. The molecule has 0 saturated carbocycles. The van der Waals surface area contributed by atoms with Crippen molar-refractivity contribution in [1.82, 2.24) is 15.0 Å². The molecule has 0 fully saturated rings. The van der Waals surface area contributed by atoms with E-state index in [1.165, 1.54) is 0 Å². The summed E-state index contributed by atoms with van der Waals surface area (Å²) < 4.78 is 0. The van der Waals surface area contributed by atoms with Crippen LogP contribution in [0.5, 0.6) is 0 Å². The van der Waals surface area contributed by atoms with Gasteiger partial charge in [-0.25, -0.2) is 0 Å². The first-order valence-corrected chi connectivity index (χ1v) is 7.56. The fourth-order valence-corrected chi connectivity index (χ4v) is 2.41. The number of hydrogen-bond acceptors (Lipinski definition) is 5. The third kappa shape index (κ3) is 4.28. The number of aromatic nitrogens is 3. The molecule has 0 spiro atoms. The number of halogens is 1. The predicted molar refractivity (Wildman–Crippen MR) is 78.6 cm³/mol. The number of hydrogen-bond donors (Lipinski definition) is 0. The molecule has 1 rings (SSSR count). The van der Waals surface area contributed by atoms with Gasteiger partial charge in [-0.15, -0.1) is 0 Å². The van der Waals surface area contributed by atoms with Crippen LogP contribution in [0.25, 0.3) is 0 Å². The maximum atomic E-state index is 5.97. The minimum absolute atomic E-state index is 0.269. The maximum absolute atomic E-state index is 5.97. The van der Waals surface area contributed by atoms with Crippen LogP contribution in [0.2, 0.25) is 5.28 Å². The molecular weight excluding hydrogens is 268 g/mol. The Labute approximate surface area is 119 Å². The molecule has 0 bridgehead atoms. The lowest BCUT2D eigenvalue weighted by Gasteiger charge is -2.19. The summed E-state index contributed by atoms with van der Waals surface area (Å²) in [6, 6.07) is 0. The number of rotatable bonds is 6. The van der Waals surface area contributed by atoms with Crippen LogP contribution in [0.1, 0.15) is 34.6 Å². The highest BCUT2D eigenvalue weighted by atomic mass is 35.5. The summed E-state index contributed by atoms with van der Waals surface area (Å²) in [4.78, 5) is 14.9. The molecule has 0 amide bonds. The first-order valence-electron chi connectivity index (χ1n) is 6.31. The molecule has 18 heavy (non-hydrogen) atoms. The van der Waals surface area contributed by atoms with E-state index < -0.39 is 0 Å². The largest absolute Gasteiger partial charge is 0.341 e. The van der Waals surface area contributed by atoms with Crippen LogP contribution in [0, 0.1) is 5.92 Å². The molecule has 0 aliphatic rings. The van der Waals surface area contributed by atoms with Gasteiger partial charge in [-0.3, -0.25) is 0 Å². The quantitative estimate of drug-likeness (QED) is 0.749. The van der Waals surface area contributed by atoms with E-state index in [1.54, 1.807) is 11.8 Å². The normalized spacial score (nSPS) is 12.8. The number of nitrogens with zero attached hydrogens (tertiary/aromatic N) is 4. The van der Waals surface area contributed by atoms with Crippen molar-refractivity contribution in [3.63, 3.8) is 0 Å². The van der Waals surface area contributed by atoms with Gasteiger partial charge >= 0.3 is 0 Å². The van der Waals surface area contributed by atoms with Gasteiger partial charge in [0.2, 0.25) is 11.2 Å². The molecular formula is C12H21ClN4S. The monoisotopic (exact) mass is 288 g/mol. The molecule has 0 radical (unpaired) electrons. The van der Waals surface area contributed by atoms with E-state index >= 15 is 0 Å². The Morgan fingerprint density at radius 1 is 1.11 bits per heavy atom. The van der Waals surface area contributed by atoms with Crippen molar-refractivity contribution in [1.29, 1.82) is 0 Å². The van der Waals surface area contributed by atoms with Gasteiger partial charge in [-0.1, -0.05) is 32.5 Å². The minimum atomic E-state index is 0.269. The second-order valence-corrected chi connectivity index (χ2v) is 6.11. The van der Waals surface area contributed by atoms with Gasteiger partial charge in [-0.2, -0.15) is 15.0 Å². The number of anilines is 1. The van der Waals surface area contributed by atoms with Crippen LogP contribution in [0.3, 0.4) is 0 Å². The smallest absolute Gasteiger partial charge is 0.230 e. The van der Waals surface area contributed by atoms with Crippen LogP contribution < -0.4 is 4.90 Å². The third-order valence-corrected chi connectivity index (χ3v) is 4.33. The van der Waals surface area contributed by atoms with Gasteiger partial charge < -0.3 is 4.90 Å². The van der Waals surface area contributed by atoms with Gasteiger partial charge in [0, 0.05) is 18.3 Å². The first kappa shape index (κ1) is 15.5. The van der Waals surface area contributed by atoms with E-state index in [9.17, 15) is 0 Å². The van der Waals surface area contributed by atoms with E-state index in [-0.39, 0.29) is 5.28 Å². The summed E-state index contributed by atoms with van der Waals surface area (Å²) in [6.45, 7) is 12.4. The Kier molecular flexibility index (Phi) is 6.15. The van der Waals surface area contributed by atoms with E-state index in [0.717, 1.165) is 13.1 Å². The molecule has 102 valence electrons. The van der Waals surface area contributed by atoms with E-state index in [4.69, 9.17) is 11.6 Å². The highest BCUT2D eigenvalue weighted by molar-refractivity contribution is 7.99. The van der Waals surface area contributed by atoms with Crippen molar-refractivity contribution >= 4 is 29.3 Å². The van der Waals surface area contributed by atoms with Gasteiger partial charge in [0.1, 0.15) is 0 Å². The highest BCUT2D eigenvalue weighted by Crippen LogP contribution is 2.26. The van der Waals surface area contributed by atoms with E-state index in [0.29, 0.717) is 22.3 Å². The summed E-state index contributed by atoms with van der Waals surface area (Å²) in [5, 5.41) is 1.43. The lowest BCUT2D eigenvalue weighted by Crippen LogP contribution is -2.24. The summed E-state index contributed by atoms with van der Waals surface area (Å²) in [5.74, 6) is 1.24. The van der Waals surface area contributed by atoms with Crippen LogP contribution in [-0.2, 0) is 0 Å². The van der Waals surface area contributed by atoms with Crippen molar-refractivity contribution in [2.75, 3.05) is 18.0 Å². The van der Waals surface area contributed by atoms with Crippen LogP contribution in [0.15, 0.2) is 5.16 Å². The summed E-state index contributed by atoms with van der Waals surface area (Å²) >= 11 is 7.61. The minimum Gasteiger partial charge on any atom is -0.341 e. The van der Waals surface area contributed by atoms with E-state index in [2.05, 4.69) is 54.5 Å². The maximum Gasteiger partial charge on any atom is 0.230 e. The summed E-state index contributed by atoms with van der Waals surface area (Å²) in [7, 11) is 0. The molecule has 1 aromatic rings. The zero-order valence-corrected chi connectivity index (χ0v) is 13.2. The summed E-state index contributed by atoms with van der Waals surface area (Å²) in [5.41, 5.74) is 0. The highest BCUT2D eigenvalue weighted by Gasteiger charge is 2.14. The van der Waals surface area contributed by atoms with Gasteiger partial charge in [-0.05, 0) is 31.4 Å². The Morgan fingerprint density at radius 3 is 2.22 bits per heavy atom. The molecule has 0 saturated heterocycles. The fraction of sp³-hybridized carbons (Fsp3) is 0.750. The van der Waals surface area contributed by atoms with Crippen molar-refractivity contribution < 1.29 is 0 Å². The predicted octanol–water partition coefficient (Wildman–Crippen LogP) is 3.51. The van der Waals surface area contributed by atoms with Crippen molar-refractivity contribution in [3.8, 4) is 0 Å². The fourth-order valence-electron chi connectivity index (χ4n) is 1.32. The molecule has 1 heterocycles. The Hall–Kier alpha value is -0.550. The lowest BCUT2D eigenvalue weighted by molar-refractivity contribution is 0.639. The molecule has 6 heteroatoms. The number of thioether (sulfide) groups is 1. The molecule has 4 nitrogen and oxygen atoms in total. The average molecular weight is 289 g/mol. The van der Waals surface area contributed by atoms with Gasteiger partial charge in [0.15, 0.2) is 5.16 Å². The van der Waals surface area contributed by atoms with E-state index in [1.807, 2.05) is 0 Å². The third-order valence-electron chi connectivity index (χ3n) is 2.85. The molecule has 0 aliphatic heterocycles. The topological polar surface area (TPSA) is 41.9 Å². The van der Waals surface area contributed by atoms with Crippen LogP contribution in [-0.4, -0.2) is 33.3 Å². The molecule has 1 atom stereocenters. The van der Waals surface area contributed by atoms with Gasteiger partial charge in [0.05, 0.1) is 0 Å². The SMILES string of the molecule is CCN(CC)c1nc(Cl)nc(SC(C)C(C)C)n1. The molecule has 0 aliphatic carbocycles. The zero-order valence-electron chi connectivity index (χ0n) is 11.6. The first-order chi connectivity index (χ1) is 8.47. The Morgan fingerprint density at radius 2 is 1.72 bits per heavy atom. The lowest BCUT2D eigenvalue weighted by atomic mass is 10.2. The second-order valence-electron chi connectivity index (χ2n) is 4.43. The van der Waals surface area contributed by atoms with Crippen molar-refractivity contribution in [3.05, 3.63) is 5.28 Å². The van der Waals surface area contributed by atoms with Crippen LogP contribution >= 0.6 is 23.4 Å². The molecule has 0 N–H and O–H groups in total. The standard InChI is InChI=1S/C12H21ClN4S/c1-6-17(7-2)11-14-10(13)15-12(16-11)18-9(5)8(3)4/h8-9H,6-7H2,1-5H3. The zero-order chi connectivity index (χ0) is 13.7. The molecule has 0 aromatic carbocycles. The van der Waals surface area contributed by atoms with Gasteiger partial charge in [0.25, 0.3) is 0 Å². The molecule has 1 unspecified atom stereocenters. The Balaban J connectivity index is 2.93. The average Bonchev–Trinajstić information content (AvgIpc) is 2.29. The van der Waals surface area contributed by atoms with Crippen molar-refractivity contribution in [2.45, 2.75) is 45.0 Å². The second kappa shape index (κ2) is 7.14. The summed E-state index contributed by atoms with van der Waals surface area (Å²) in [6.07, 6.45) is 0. The van der Waals surface area contributed by atoms with Crippen molar-refractivity contribution in [2.24, 2.45) is 5.92 Å². The van der Waals surface area contributed by atoms with Crippen LogP contribution in [0.4, 0.5) is 5.95 Å². The Bertz CT molecular complexity index is 382.